The van der Waals surface area contributed by atoms with Crippen molar-refractivity contribution < 1.29 is 44.2 Å². The number of fused-ring (bicyclic) bond motifs is 1. The van der Waals surface area contributed by atoms with Crippen molar-refractivity contribution in [3.63, 3.8) is 0 Å². The van der Waals surface area contributed by atoms with Crippen LogP contribution in [-0.2, 0) is 20.7 Å². The number of esters is 1. The van der Waals surface area contributed by atoms with Gasteiger partial charge in [-0.2, -0.15) is 0 Å². The lowest BCUT2D eigenvalue weighted by Gasteiger charge is -2.40. The van der Waals surface area contributed by atoms with Crippen LogP contribution in [0.25, 0.3) is 6.08 Å². The van der Waals surface area contributed by atoms with E-state index in [1.807, 2.05) is 32.1 Å². The van der Waals surface area contributed by atoms with E-state index < -0.39 is 42.9 Å². The molecule has 9 nitrogen and oxygen atoms in total. The van der Waals surface area contributed by atoms with Gasteiger partial charge in [0.1, 0.15) is 41.5 Å². The quantitative estimate of drug-likeness (QED) is 0.471. The van der Waals surface area contributed by atoms with Crippen molar-refractivity contribution in [2.24, 2.45) is 0 Å². The van der Waals surface area contributed by atoms with E-state index >= 15 is 0 Å². The zero-order valence-electron chi connectivity index (χ0n) is 17.1. The molecule has 0 unspecified atom stereocenters. The van der Waals surface area contributed by atoms with E-state index in [0.29, 0.717) is 17.7 Å². The molecule has 5 atom stereocenters. The summed E-state index contributed by atoms with van der Waals surface area (Å²) in [5.74, 6) is 0.441. The Labute approximate surface area is 174 Å². The van der Waals surface area contributed by atoms with Crippen molar-refractivity contribution in [3.05, 3.63) is 29.3 Å². The Morgan fingerprint density at radius 1 is 1.17 bits per heavy atom. The van der Waals surface area contributed by atoms with E-state index in [-0.39, 0.29) is 18.1 Å². The van der Waals surface area contributed by atoms with Crippen LogP contribution in [0.5, 0.6) is 11.5 Å². The van der Waals surface area contributed by atoms with Gasteiger partial charge in [0.2, 0.25) is 6.29 Å². The summed E-state index contributed by atoms with van der Waals surface area (Å²) in [6.07, 6.45) is -2.80. The van der Waals surface area contributed by atoms with Crippen molar-refractivity contribution >= 4 is 12.0 Å². The zero-order chi connectivity index (χ0) is 22.1. The smallest absolute Gasteiger partial charge is 0.305 e. The Morgan fingerprint density at radius 2 is 1.90 bits per heavy atom. The van der Waals surface area contributed by atoms with E-state index in [1.54, 1.807) is 6.07 Å². The van der Waals surface area contributed by atoms with Crippen LogP contribution in [0.2, 0.25) is 0 Å². The minimum absolute atomic E-state index is 0.108. The first-order chi connectivity index (χ1) is 14.1. The maximum Gasteiger partial charge on any atom is 0.305 e. The van der Waals surface area contributed by atoms with Crippen LogP contribution in [0.15, 0.2) is 18.2 Å². The summed E-state index contributed by atoms with van der Waals surface area (Å²) in [5, 5.41) is 39.6. The average Bonchev–Trinajstić information content (AvgIpc) is 2.71. The maximum absolute atomic E-state index is 11.6. The predicted molar refractivity (Wildman–Crippen MR) is 105 cm³/mol. The maximum atomic E-state index is 11.6. The van der Waals surface area contributed by atoms with Gasteiger partial charge in [-0.15, -0.1) is 0 Å². The highest BCUT2D eigenvalue weighted by molar-refractivity contribution is 5.70. The highest BCUT2D eigenvalue weighted by Gasteiger charge is 2.45. The van der Waals surface area contributed by atoms with Gasteiger partial charge in [0.15, 0.2) is 0 Å². The minimum atomic E-state index is -1.56. The SMILES string of the molecule is COC(=O)CCc1cc2c(cc1O[C@@H]1O[C@H](CO)[C@@H](O)[C@H](O)[C@H]1O)OC(C)(C)C=C2. The molecule has 0 radical (unpaired) electrons. The number of carbonyl (C=O) groups excluding carboxylic acids is 1. The van der Waals surface area contributed by atoms with E-state index in [9.17, 15) is 25.2 Å². The lowest BCUT2D eigenvalue weighted by Crippen LogP contribution is -2.60. The van der Waals surface area contributed by atoms with Crippen molar-refractivity contribution in [1.82, 2.24) is 0 Å². The monoisotopic (exact) mass is 424 g/mol. The number of ether oxygens (including phenoxy) is 4. The molecule has 166 valence electrons. The average molecular weight is 424 g/mol. The van der Waals surface area contributed by atoms with Gasteiger partial charge >= 0.3 is 5.97 Å². The fraction of sp³-hybridized carbons (Fsp3) is 0.571. The van der Waals surface area contributed by atoms with Gasteiger partial charge in [0.25, 0.3) is 0 Å². The summed E-state index contributed by atoms with van der Waals surface area (Å²) < 4.78 is 22.0. The minimum Gasteiger partial charge on any atom is -0.483 e. The van der Waals surface area contributed by atoms with Gasteiger partial charge < -0.3 is 39.4 Å². The normalized spacial score (nSPS) is 29.6. The molecule has 0 aromatic heterocycles. The third-order valence-corrected chi connectivity index (χ3v) is 5.15. The number of benzene rings is 1. The Kier molecular flexibility index (Phi) is 6.68. The van der Waals surface area contributed by atoms with Gasteiger partial charge in [0, 0.05) is 18.1 Å². The fourth-order valence-corrected chi connectivity index (χ4v) is 3.39. The molecule has 1 saturated heterocycles. The summed E-state index contributed by atoms with van der Waals surface area (Å²) in [6, 6.07) is 3.44. The molecule has 0 amide bonds. The number of carbonyl (C=O) groups is 1. The highest BCUT2D eigenvalue weighted by Crippen LogP contribution is 2.38. The fourth-order valence-electron chi connectivity index (χ4n) is 3.39. The van der Waals surface area contributed by atoms with Crippen molar-refractivity contribution in [3.8, 4) is 11.5 Å². The molecular formula is C21H28O9. The topological polar surface area (TPSA) is 135 Å². The van der Waals surface area contributed by atoms with E-state index in [4.69, 9.17) is 18.9 Å². The molecule has 1 aromatic carbocycles. The Hall–Kier alpha value is -2.17. The zero-order valence-corrected chi connectivity index (χ0v) is 17.1. The summed E-state index contributed by atoms with van der Waals surface area (Å²) >= 11 is 0. The van der Waals surface area contributed by atoms with Crippen molar-refractivity contribution in [1.29, 1.82) is 0 Å². The highest BCUT2D eigenvalue weighted by atomic mass is 16.7. The van der Waals surface area contributed by atoms with Gasteiger partial charge in [0.05, 0.1) is 13.7 Å². The number of aryl methyl sites for hydroxylation is 1. The molecule has 9 heteroatoms. The van der Waals surface area contributed by atoms with Gasteiger partial charge in [-0.05, 0) is 38.0 Å². The third-order valence-electron chi connectivity index (χ3n) is 5.15. The molecule has 4 N–H and O–H groups in total. The lowest BCUT2D eigenvalue weighted by atomic mass is 9.98. The standard InChI is InChI=1S/C21H28O9/c1-21(2)7-6-12-8-11(4-5-16(23)27-3)13(9-14(12)30-21)28-20-19(26)18(25)17(24)15(10-22)29-20/h6-9,15,17-20,22,24-26H,4-5,10H2,1-3H3/t15-,17-,18+,19-,20-/m1/s1. The number of aliphatic hydroxyl groups excluding tert-OH is 4. The molecule has 2 aliphatic rings. The van der Waals surface area contributed by atoms with Crippen LogP contribution in [0, 0.1) is 0 Å². The Morgan fingerprint density at radius 3 is 2.57 bits per heavy atom. The molecule has 30 heavy (non-hydrogen) atoms. The number of hydrogen-bond acceptors (Lipinski definition) is 9. The van der Waals surface area contributed by atoms with Crippen LogP contribution in [0.4, 0.5) is 0 Å². The number of methoxy groups -OCH3 is 1. The molecular weight excluding hydrogens is 396 g/mol. The molecule has 0 aliphatic carbocycles. The van der Waals surface area contributed by atoms with Gasteiger partial charge in [-0.1, -0.05) is 6.08 Å². The van der Waals surface area contributed by atoms with Gasteiger partial charge in [-0.3, -0.25) is 4.79 Å². The van der Waals surface area contributed by atoms with Crippen LogP contribution >= 0.6 is 0 Å². The van der Waals surface area contributed by atoms with Crippen LogP contribution in [-0.4, -0.2) is 76.4 Å². The molecule has 3 rings (SSSR count). The predicted octanol–water partition coefficient (Wildman–Crippen LogP) is 0.155. The van der Waals surface area contributed by atoms with Crippen molar-refractivity contribution in [2.75, 3.05) is 13.7 Å². The summed E-state index contributed by atoms with van der Waals surface area (Å²) in [7, 11) is 1.30. The molecule has 1 fully saturated rings. The molecule has 0 spiro atoms. The van der Waals surface area contributed by atoms with E-state index in [0.717, 1.165) is 5.56 Å². The lowest BCUT2D eigenvalue weighted by molar-refractivity contribution is -0.277. The van der Waals surface area contributed by atoms with Crippen LogP contribution < -0.4 is 9.47 Å². The molecule has 1 aromatic rings. The van der Waals surface area contributed by atoms with Crippen LogP contribution in [0.3, 0.4) is 0 Å². The first-order valence-corrected chi connectivity index (χ1v) is 9.74. The molecule has 2 aliphatic heterocycles. The Balaban J connectivity index is 1.91. The van der Waals surface area contributed by atoms with E-state index in [1.165, 1.54) is 7.11 Å². The summed E-state index contributed by atoms with van der Waals surface area (Å²) in [6.45, 7) is 3.23. The molecule has 0 bridgehead atoms. The largest absolute Gasteiger partial charge is 0.483 e. The summed E-state index contributed by atoms with van der Waals surface area (Å²) in [5.41, 5.74) is 0.917. The number of aliphatic hydroxyl groups is 4. The van der Waals surface area contributed by atoms with E-state index in [2.05, 4.69) is 0 Å². The molecule has 0 saturated carbocycles. The number of rotatable bonds is 6. The first kappa shape index (κ1) is 22.5. The second-order valence-electron chi connectivity index (χ2n) is 7.93. The molecule has 2 heterocycles. The summed E-state index contributed by atoms with van der Waals surface area (Å²) in [4.78, 5) is 11.6. The first-order valence-electron chi connectivity index (χ1n) is 9.74. The van der Waals surface area contributed by atoms with Crippen molar-refractivity contribution in [2.45, 2.75) is 63.0 Å². The second kappa shape index (κ2) is 8.91. The number of hydrogen-bond donors (Lipinski definition) is 4. The third kappa shape index (κ3) is 4.76. The van der Waals surface area contributed by atoms with Crippen LogP contribution in [0.1, 0.15) is 31.4 Å². The second-order valence-corrected chi connectivity index (χ2v) is 7.93. The van der Waals surface area contributed by atoms with Gasteiger partial charge in [-0.25, -0.2) is 0 Å². The Bertz CT molecular complexity index is 802.